The van der Waals surface area contributed by atoms with E-state index < -0.39 is 5.60 Å². The number of halogens is 1. The highest BCUT2D eigenvalue weighted by molar-refractivity contribution is 5.28. The number of hydrogen-bond acceptors (Lipinski definition) is 2. The molecule has 0 aromatic heterocycles. The monoisotopic (exact) mass is 237 g/mol. The van der Waals surface area contributed by atoms with E-state index in [9.17, 15) is 9.50 Å². The van der Waals surface area contributed by atoms with Crippen LogP contribution in [0.3, 0.4) is 0 Å². The predicted molar refractivity (Wildman–Crippen MR) is 66.5 cm³/mol. The van der Waals surface area contributed by atoms with Gasteiger partial charge in [0.1, 0.15) is 5.82 Å². The van der Waals surface area contributed by atoms with Crippen molar-refractivity contribution in [1.82, 2.24) is 5.32 Å². The predicted octanol–water partition coefficient (Wildman–Crippen LogP) is 2.18. The van der Waals surface area contributed by atoms with Crippen LogP contribution >= 0.6 is 0 Å². The quantitative estimate of drug-likeness (QED) is 0.822. The summed E-state index contributed by atoms with van der Waals surface area (Å²) in [5, 5.41) is 13.6. The second-order valence-corrected chi connectivity index (χ2v) is 5.40. The number of aliphatic hydroxyl groups is 1. The van der Waals surface area contributed by atoms with Crippen LogP contribution in [0.1, 0.15) is 30.9 Å². The third-order valence-electron chi connectivity index (χ3n) is 3.22. The Kier molecular flexibility index (Phi) is 3.50. The first-order chi connectivity index (χ1) is 7.96. The van der Waals surface area contributed by atoms with Crippen molar-refractivity contribution in [3.8, 4) is 0 Å². The topological polar surface area (TPSA) is 32.3 Å². The Hall–Kier alpha value is -0.930. The molecule has 2 nitrogen and oxygen atoms in total. The summed E-state index contributed by atoms with van der Waals surface area (Å²) in [6.45, 7) is 4.29. The van der Waals surface area contributed by atoms with E-state index in [1.54, 1.807) is 6.07 Å². The Labute approximate surface area is 102 Å². The summed E-state index contributed by atoms with van der Waals surface area (Å²) in [5.74, 6) is -0.220. The van der Waals surface area contributed by atoms with Gasteiger partial charge in [-0.25, -0.2) is 4.39 Å². The van der Waals surface area contributed by atoms with Crippen LogP contribution in [-0.2, 0) is 6.42 Å². The first kappa shape index (κ1) is 12.5. The largest absolute Gasteiger partial charge is 0.389 e. The molecule has 1 unspecified atom stereocenters. The molecule has 2 rings (SSSR count). The Morgan fingerprint density at radius 3 is 2.76 bits per heavy atom. The molecular formula is C14H20FNO. The molecule has 0 saturated heterocycles. The Bertz CT molecular complexity index is 399. The van der Waals surface area contributed by atoms with E-state index in [-0.39, 0.29) is 5.82 Å². The average molecular weight is 237 g/mol. The minimum absolute atomic E-state index is 0.220. The zero-order valence-electron chi connectivity index (χ0n) is 10.5. The van der Waals surface area contributed by atoms with Crippen LogP contribution in [0.4, 0.5) is 4.39 Å². The van der Waals surface area contributed by atoms with Gasteiger partial charge in [-0.3, -0.25) is 0 Å². The molecule has 1 aliphatic carbocycles. The molecule has 0 radical (unpaired) electrons. The van der Waals surface area contributed by atoms with Gasteiger partial charge in [-0.15, -0.1) is 0 Å². The molecular weight excluding hydrogens is 217 g/mol. The van der Waals surface area contributed by atoms with Gasteiger partial charge in [0, 0.05) is 19.0 Å². The summed E-state index contributed by atoms with van der Waals surface area (Å²) in [6, 6.07) is 5.32. The lowest BCUT2D eigenvalue weighted by Crippen LogP contribution is -2.40. The van der Waals surface area contributed by atoms with Crippen molar-refractivity contribution in [2.45, 2.75) is 44.8 Å². The fourth-order valence-electron chi connectivity index (χ4n) is 1.98. The van der Waals surface area contributed by atoms with Crippen LogP contribution in [0.15, 0.2) is 18.2 Å². The molecule has 17 heavy (non-hydrogen) atoms. The molecule has 1 aromatic carbocycles. The van der Waals surface area contributed by atoms with Gasteiger partial charge in [-0.05, 0) is 49.9 Å². The van der Waals surface area contributed by atoms with Gasteiger partial charge in [0.2, 0.25) is 0 Å². The Balaban J connectivity index is 1.97. The highest BCUT2D eigenvalue weighted by atomic mass is 19.1. The first-order valence-electron chi connectivity index (χ1n) is 6.17. The summed E-state index contributed by atoms with van der Waals surface area (Å²) >= 11 is 0. The van der Waals surface area contributed by atoms with Crippen molar-refractivity contribution >= 4 is 0 Å². The molecule has 1 saturated carbocycles. The minimum Gasteiger partial charge on any atom is -0.389 e. The lowest BCUT2D eigenvalue weighted by molar-refractivity contribution is 0.0596. The van der Waals surface area contributed by atoms with E-state index in [0.717, 1.165) is 11.1 Å². The Morgan fingerprint density at radius 1 is 1.47 bits per heavy atom. The lowest BCUT2D eigenvalue weighted by Gasteiger charge is -2.24. The normalized spacial score (nSPS) is 19.1. The van der Waals surface area contributed by atoms with Crippen LogP contribution in [-0.4, -0.2) is 23.3 Å². The van der Waals surface area contributed by atoms with Crippen LogP contribution in [0, 0.1) is 12.7 Å². The van der Waals surface area contributed by atoms with Crippen molar-refractivity contribution in [3.05, 3.63) is 35.1 Å². The zero-order valence-corrected chi connectivity index (χ0v) is 10.5. The number of hydrogen-bond donors (Lipinski definition) is 2. The maximum absolute atomic E-state index is 13.0. The molecule has 0 heterocycles. The highest BCUT2D eigenvalue weighted by Crippen LogP contribution is 2.21. The molecule has 0 amide bonds. The molecule has 2 N–H and O–H groups in total. The maximum atomic E-state index is 13.0. The molecule has 0 spiro atoms. The van der Waals surface area contributed by atoms with Gasteiger partial charge in [-0.1, -0.05) is 6.07 Å². The van der Waals surface area contributed by atoms with Crippen LogP contribution in [0.2, 0.25) is 0 Å². The van der Waals surface area contributed by atoms with Gasteiger partial charge >= 0.3 is 0 Å². The van der Waals surface area contributed by atoms with Crippen molar-refractivity contribution in [2.24, 2.45) is 0 Å². The van der Waals surface area contributed by atoms with Gasteiger partial charge in [0.05, 0.1) is 5.60 Å². The molecule has 0 aliphatic heterocycles. The minimum atomic E-state index is -0.773. The van der Waals surface area contributed by atoms with Crippen LogP contribution < -0.4 is 5.32 Å². The van der Waals surface area contributed by atoms with Crippen LogP contribution in [0.25, 0.3) is 0 Å². The van der Waals surface area contributed by atoms with Gasteiger partial charge in [0.25, 0.3) is 0 Å². The Morgan fingerprint density at radius 2 is 2.18 bits per heavy atom. The lowest BCUT2D eigenvalue weighted by atomic mass is 9.93. The molecule has 1 aromatic rings. The van der Waals surface area contributed by atoms with E-state index in [4.69, 9.17) is 0 Å². The SMILES string of the molecule is Cc1cc(F)ccc1CC(C)(O)CNC1CC1. The second kappa shape index (κ2) is 4.75. The average Bonchev–Trinajstić information content (AvgIpc) is 3.03. The third-order valence-corrected chi connectivity index (χ3v) is 3.22. The number of rotatable bonds is 5. The second-order valence-electron chi connectivity index (χ2n) is 5.40. The molecule has 1 aliphatic rings. The van der Waals surface area contributed by atoms with Crippen molar-refractivity contribution in [2.75, 3.05) is 6.54 Å². The summed E-state index contributed by atoms with van der Waals surface area (Å²) in [4.78, 5) is 0. The summed E-state index contributed by atoms with van der Waals surface area (Å²) in [6.07, 6.45) is 2.98. The van der Waals surface area contributed by atoms with Crippen molar-refractivity contribution in [1.29, 1.82) is 0 Å². The van der Waals surface area contributed by atoms with E-state index in [2.05, 4.69) is 5.32 Å². The summed E-state index contributed by atoms with van der Waals surface area (Å²) in [7, 11) is 0. The molecule has 94 valence electrons. The van der Waals surface area contributed by atoms with Gasteiger partial charge in [-0.2, -0.15) is 0 Å². The van der Waals surface area contributed by atoms with E-state index in [0.29, 0.717) is 19.0 Å². The van der Waals surface area contributed by atoms with E-state index in [1.807, 2.05) is 13.8 Å². The summed E-state index contributed by atoms with van der Waals surface area (Å²) in [5.41, 5.74) is 1.14. The smallest absolute Gasteiger partial charge is 0.123 e. The molecule has 1 atom stereocenters. The first-order valence-corrected chi connectivity index (χ1v) is 6.17. The van der Waals surface area contributed by atoms with Gasteiger partial charge in [0.15, 0.2) is 0 Å². The third kappa shape index (κ3) is 3.79. The van der Waals surface area contributed by atoms with Crippen molar-refractivity contribution < 1.29 is 9.50 Å². The fourth-order valence-corrected chi connectivity index (χ4v) is 1.98. The van der Waals surface area contributed by atoms with Crippen molar-refractivity contribution in [3.63, 3.8) is 0 Å². The zero-order chi connectivity index (χ0) is 12.5. The number of nitrogens with one attached hydrogen (secondary N) is 1. The highest BCUT2D eigenvalue weighted by Gasteiger charge is 2.27. The van der Waals surface area contributed by atoms with E-state index in [1.165, 1.54) is 25.0 Å². The number of aryl methyl sites for hydroxylation is 1. The van der Waals surface area contributed by atoms with E-state index >= 15 is 0 Å². The molecule has 0 bridgehead atoms. The maximum Gasteiger partial charge on any atom is 0.123 e. The summed E-state index contributed by atoms with van der Waals surface area (Å²) < 4.78 is 13.0. The fraction of sp³-hybridized carbons (Fsp3) is 0.571. The van der Waals surface area contributed by atoms with Gasteiger partial charge < -0.3 is 10.4 Å². The number of benzene rings is 1. The van der Waals surface area contributed by atoms with Crippen LogP contribution in [0.5, 0.6) is 0 Å². The standard InChI is InChI=1S/C14H20FNO/c1-10-7-12(15)4-3-11(10)8-14(2,17)9-16-13-5-6-13/h3-4,7,13,16-17H,5-6,8-9H2,1-2H3. The molecule has 1 fully saturated rings. The molecule has 3 heteroatoms.